The minimum absolute atomic E-state index is 0.0339. The number of para-hydroxylation sites is 2. The van der Waals surface area contributed by atoms with Gasteiger partial charge in [0.15, 0.2) is 5.78 Å². The summed E-state index contributed by atoms with van der Waals surface area (Å²) in [5.41, 5.74) is 2.61. The summed E-state index contributed by atoms with van der Waals surface area (Å²) < 4.78 is 0. The molecular formula is C17H15NO2. The zero-order valence-electron chi connectivity index (χ0n) is 11.0. The molecule has 0 atom stereocenters. The van der Waals surface area contributed by atoms with Crippen LogP contribution in [0, 0.1) is 0 Å². The number of benzene rings is 2. The molecule has 0 radical (unpaired) electrons. The van der Waals surface area contributed by atoms with Crippen molar-refractivity contribution in [3.63, 3.8) is 0 Å². The summed E-state index contributed by atoms with van der Waals surface area (Å²) in [7, 11) is 0. The molecule has 0 bridgehead atoms. The van der Waals surface area contributed by atoms with E-state index in [9.17, 15) is 9.90 Å². The number of rotatable bonds is 4. The van der Waals surface area contributed by atoms with E-state index in [1.807, 2.05) is 30.5 Å². The second-order valence-electron chi connectivity index (χ2n) is 4.80. The van der Waals surface area contributed by atoms with Gasteiger partial charge in [-0.3, -0.25) is 4.79 Å². The number of nitrogens with one attached hydrogen (secondary N) is 1. The number of Topliss-reactive ketones (excluding diaryl/α,β-unsaturated/α-hetero) is 1. The monoisotopic (exact) mass is 265 g/mol. The molecule has 2 aromatic carbocycles. The molecule has 0 aliphatic rings. The Bertz CT molecular complexity index is 758. The van der Waals surface area contributed by atoms with Crippen LogP contribution in [0.25, 0.3) is 10.9 Å². The fourth-order valence-electron chi connectivity index (χ4n) is 2.43. The number of phenolic OH excluding ortho intramolecular Hbond substituents is 1. The van der Waals surface area contributed by atoms with Gasteiger partial charge in [0.2, 0.25) is 0 Å². The standard InChI is InChI=1S/C17H15NO2/c19-16-8-4-2-6-14(16)17(20)10-9-12-11-18-15-7-3-1-5-13(12)15/h1-8,11,18-19H,9-10H2. The highest BCUT2D eigenvalue weighted by Crippen LogP contribution is 2.22. The van der Waals surface area contributed by atoms with Crippen molar-refractivity contribution >= 4 is 16.7 Å². The van der Waals surface area contributed by atoms with E-state index in [1.54, 1.807) is 24.3 Å². The van der Waals surface area contributed by atoms with Crippen molar-refractivity contribution in [3.8, 4) is 5.75 Å². The first kappa shape index (κ1) is 12.5. The highest BCUT2D eigenvalue weighted by atomic mass is 16.3. The van der Waals surface area contributed by atoms with Gasteiger partial charge in [-0.15, -0.1) is 0 Å². The second kappa shape index (κ2) is 5.21. The van der Waals surface area contributed by atoms with Crippen molar-refractivity contribution in [2.45, 2.75) is 12.8 Å². The molecule has 2 N–H and O–H groups in total. The van der Waals surface area contributed by atoms with E-state index in [2.05, 4.69) is 4.98 Å². The van der Waals surface area contributed by atoms with Gasteiger partial charge in [0.25, 0.3) is 0 Å². The fraction of sp³-hybridized carbons (Fsp3) is 0.118. The quantitative estimate of drug-likeness (QED) is 0.707. The molecule has 1 heterocycles. The van der Waals surface area contributed by atoms with Crippen LogP contribution in [0.4, 0.5) is 0 Å². The first-order valence-corrected chi connectivity index (χ1v) is 6.62. The Labute approximate surface area is 116 Å². The van der Waals surface area contributed by atoms with Gasteiger partial charge in [-0.1, -0.05) is 30.3 Å². The lowest BCUT2D eigenvalue weighted by molar-refractivity contribution is 0.0980. The summed E-state index contributed by atoms with van der Waals surface area (Å²) in [6, 6.07) is 14.7. The van der Waals surface area contributed by atoms with Crippen LogP contribution in [0.5, 0.6) is 5.75 Å². The topological polar surface area (TPSA) is 53.1 Å². The zero-order chi connectivity index (χ0) is 13.9. The van der Waals surface area contributed by atoms with Gasteiger partial charge in [0, 0.05) is 23.5 Å². The second-order valence-corrected chi connectivity index (χ2v) is 4.80. The minimum Gasteiger partial charge on any atom is -0.507 e. The molecule has 3 nitrogen and oxygen atoms in total. The lowest BCUT2D eigenvalue weighted by Gasteiger charge is -2.03. The average molecular weight is 265 g/mol. The normalized spacial score (nSPS) is 10.8. The van der Waals surface area contributed by atoms with Crippen molar-refractivity contribution in [2.75, 3.05) is 0 Å². The van der Waals surface area contributed by atoms with Crippen molar-refractivity contribution in [1.82, 2.24) is 4.98 Å². The van der Waals surface area contributed by atoms with Crippen LogP contribution in [0.1, 0.15) is 22.3 Å². The summed E-state index contributed by atoms with van der Waals surface area (Å²) in [4.78, 5) is 15.3. The molecule has 3 aromatic rings. The van der Waals surface area contributed by atoms with Crippen molar-refractivity contribution in [2.24, 2.45) is 0 Å². The number of carbonyl (C=O) groups excluding carboxylic acids is 1. The number of aryl methyl sites for hydroxylation is 1. The van der Waals surface area contributed by atoms with Gasteiger partial charge in [-0.05, 0) is 30.2 Å². The third kappa shape index (κ3) is 2.30. The minimum atomic E-state index is -0.0339. The Morgan fingerprint density at radius 3 is 2.65 bits per heavy atom. The van der Waals surface area contributed by atoms with Crippen molar-refractivity contribution in [3.05, 3.63) is 65.9 Å². The summed E-state index contributed by atoms with van der Waals surface area (Å²) in [6.07, 6.45) is 3.00. The Morgan fingerprint density at radius 2 is 1.80 bits per heavy atom. The molecular weight excluding hydrogens is 250 g/mol. The first-order valence-electron chi connectivity index (χ1n) is 6.62. The molecule has 0 fully saturated rings. The summed E-state index contributed by atoms with van der Waals surface area (Å²) in [5, 5.41) is 10.8. The number of aromatic amines is 1. The summed E-state index contributed by atoms with van der Waals surface area (Å²) in [5.74, 6) is 0.0183. The number of hydrogen-bond acceptors (Lipinski definition) is 2. The van der Waals surface area contributed by atoms with Gasteiger partial charge in [0.05, 0.1) is 5.56 Å². The Morgan fingerprint density at radius 1 is 1.05 bits per heavy atom. The van der Waals surface area contributed by atoms with Gasteiger partial charge < -0.3 is 10.1 Å². The number of fused-ring (bicyclic) bond motifs is 1. The molecule has 3 rings (SSSR count). The van der Waals surface area contributed by atoms with E-state index in [0.29, 0.717) is 18.4 Å². The molecule has 1 aromatic heterocycles. The summed E-state index contributed by atoms with van der Waals surface area (Å²) >= 11 is 0. The van der Waals surface area contributed by atoms with E-state index in [-0.39, 0.29) is 11.5 Å². The molecule has 0 aliphatic carbocycles. The van der Waals surface area contributed by atoms with Crippen LogP contribution in [0.3, 0.4) is 0 Å². The van der Waals surface area contributed by atoms with E-state index in [4.69, 9.17) is 0 Å². The van der Waals surface area contributed by atoms with Crippen LogP contribution in [0.15, 0.2) is 54.7 Å². The molecule has 0 unspecified atom stereocenters. The van der Waals surface area contributed by atoms with Crippen LogP contribution in [-0.2, 0) is 6.42 Å². The molecule has 0 aliphatic heterocycles. The van der Waals surface area contributed by atoms with Gasteiger partial charge in [-0.2, -0.15) is 0 Å². The Hall–Kier alpha value is -2.55. The lowest BCUT2D eigenvalue weighted by Crippen LogP contribution is -2.01. The molecule has 0 saturated heterocycles. The number of aromatic nitrogens is 1. The molecule has 0 saturated carbocycles. The van der Waals surface area contributed by atoms with Gasteiger partial charge in [0.1, 0.15) is 5.75 Å². The molecule has 20 heavy (non-hydrogen) atoms. The van der Waals surface area contributed by atoms with Crippen molar-refractivity contribution in [1.29, 1.82) is 0 Å². The molecule has 0 spiro atoms. The highest BCUT2D eigenvalue weighted by Gasteiger charge is 2.11. The Kier molecular flexibility index (Phi) is 3.25. The number of aromatic hydroxyl groups is 1. The SMILES string of the molecule is O=C(CCc1c[nH]c2ccccc12)c1ccccc1O. The van der Waals surface area contributed by atoms with Crippen LogP contribution in [0.2, 0.25) is 0 Å². The average Bonchev–Trinajstić information content (AvgIpc) is 2.88. The maximum Gasteiger partial charge on any atom is 0.166 e. The third-order valence-corrected chi connectivity index (χ3v) is 3.50. The van der Waals surface area contributed by atoms with Gasteiger partial charge >= 0.3 is 0 Å². The van der Waals surface area contributed by atoms with E-state index < -0.39 is 0 Å². The number of H-pyrrole nitrogens is 1. The molecule has 100 valence electrons. The van der Waals surface area contributed by atoms with Crippen LogP contribution < -0.4 is 0 Å². The van der Waals surface area contributed by atoms with Crippen molar-refractivity contribution < 1.29 is 9.90 Å². The molecule has 3 heteroatoms. The first-order chi connectivity index (χ1) is 9.75. The molecule has 0 amide bonds. The fourth-order valence-corrected chi connectivity index (χ4v) is 2.43. The van der Waals surface area contributed by atoms with E-state index in [0.717, 1.165) is 16.5 Å². The maximum absolute atomic E-state index is 12.1. The smallest absolute Gasteiger partial charge is 0.166 e. The predicted octanol–water partition coefficient (Wildman–Crippen LogP) is 3.69. The zero-order valence-corrected chi connectivity index (χ0v) is 11.0. The number of phenols is 1. The number of hydrogen-bond donors (Lipinski definition) is 2. The largest absolute Gasteiger partial charge is 0.507 e. The number of ketones is 1. The van der Waals surface area contributed by atoms with Crippen LogP contribution in [-0.4, -0.2) is 15.9 Å². The third-order valence-electron chi connectivity index (χ3n) is 3.50. The number of carbonyl (C=O) groups is 1. The van der Waals surface area contributed by atoms with Crippen LogP contribution >= 0.6 is 0 Å². The predicted molar refractivity (Wildman–Crippen MR) is 79.1 cm³/mol. The van der Waals surface area contributed by atoms with E-state index >= 15 is 0 Å². The lowest BCUT2D eigenvalue weighted by atomic mass is 10.0. The summed E-state index contributed by atoms with van der Waals surface area (Å²) in [6.45, 7) is 0. The Balaban J connectivity index is 1.77. The van der Waals surface area contributed by atoms with E-state index in [1.165, 1.54) is 0 Å². The maximum atomic E-state index is 12.1. The highest BCUT2D eigenvalue weighted by molar-refractivity contribution is 5.98. The van der Waals surface area contributed by atoms with Gasteiger partial charge in [-0.25, -0.2) is 0 Å².